The molecule has 0 aliphatic rings. The molecule has 1 aromatic heterocycles. The van der Waals surface area contributed by atoms with E-state index in [0.717, 1.165) is 0 Å². The van der Waals surface area contributed by atoms with Crippen LogP contribution in [0.3, 0.4) is 0 Å². The number of halogens is 1. The molecule has 0 amide bonds. The molecule has 1 N–H and O–H groups in total. The third-order valence-electron chi connectivity index (χ3n) is 3.70. The maximum absolute atomic E-state index is 13.7. The lowest BCUT2D eigenvalue weighted by atomic mass is 10.1. The first-order valence-electron chi connectivity index (χ1n) is 7.67. The highest BCUT2D eigenvalue weighted by Gasteiger charge is 2.14. The summed E-state index contributed by atoms with van der Waals surface area (Å²) in [6, 6.07) is 15.2. The van der Waals surface area contributed by atoms with E-state index >= 15 is 0 Å². The van der Waals surface area contributed by atoms with Crippen molar-refractivity contribution in [1.29, 1.82) is 5.26 Å². The number of nitrogens with one attached hydrogen (secondary N) is 1. The number of hydrogen-bond acceptors (Lipinski definition) is 5. The van der Waals surface area contributed by atoms with Gasteiger partial charge >= 0.3 is 0 Å². The molecule has 2 aromatic carbocycles. The Hall–Kier alpha value is -3.11. The standard InChI is InChI=1S/C19H14FN3O2S/c1-25-14-8-6-12(7-9-14)17-15(10-21)18(24)23-19(22-17)26-11-13-4-2-3-5-16(13)20/h2-9H,11H2,1H3,(H,22,23,24). The summed E-state index contributed by atoms with van der Waals surface area (Å²) in [7, 11) is 1.55. The average Bonchev–Trinajstić information content (AvgIpc) is 2.67. The van der Waals surface area contributed by atoms with Crippen molar-refractivity contribution in [2.24, 2.45) is 0 Å². The van der Waals surface area contributed by atoms with Gasteiger partial charge in [-0.1, -0.05) is 30.0 Å². The van der Waals surface area contributed by atoms with Crippen molar-refractivity contribution in [3.8, 4) is 23.1 Å². The zero-order chi connectivity index (χ0) is 18.5. The minimum absolute atomic E-state index is 0.0644. The number of benzene rings is 2. The third-order valence-corrected chi connectivity index (χ3v) is 4.62. The zero-order valence-electron chi connectivity index (χ0n) is 13.8. The molecule has 1 heterocycles. The van der Waals surface area contributed by atoms with Gasteiger partial charge in [-0.2, -0.15) is 5.26 Å². The highest BCUT2D eigenvalue weighted by Crippen LogP contribution is 2.26. The number of nitrogens with zero attached hydrogens (tertiary/aromatic N) is 2. The molecule has 0 spiro atoms. The average molecular weight is 367 g/mol. The molecule has 0 aliphatic heterocycles. The lowest BCUT2D eigenvalue weighted by Crippen LogP contribution is -2.14. The van der Waals surface area contributed by atoms with Crippen molar-refractivity contribution in [2.45, 2.75) is 10.9 Å². The topological polar surface area (TPSA) is 78.8 Å². The summed E-state index contributed by atoms with van der Waals surface area (Å²) in [5, 5.41) is 9.63. The Labute approximate surface area is 153 Å². The van der Waals surface area contributed by atoms with Gasteiger partial charge < -0.3 is 9.72 Å². The van der Waals surface area contributed by atoms with Gasteiger partial charge in [0.25, 0.3) is 5.56 Å². The molecule has 0 saturated carbocycles. The maximum Gasteiger partial charge on any atom is 0.270 e. The van der Waals surface area contributed by atoms with E-state index in [2.05, 4.69) is 9.97 Å². The summed E-state index contributed by atoms with van der Waals surface area (Å²) in [5.74, 6) is 0.654. The second-order valence-corrected chi connectivity index (χ2v) is 6.28. The van der Waals surface area contributed by atoms with Crippen molar-refractivity contribution in [3.63, 3.8) is 0 Å². The van der Waals surface area contributed by atoms with Gasteiger partial charge in [0.2, 0.25) is 0 Å². The summed E-state index contributed by atoms with van der Waals surface area (Å²) in [6.07, 6.45) is 0. The minimum atomic E-state index is -0.524. The number of hydrogen-bond donors (Lipinski definition) is 1. The van der Waals surface area contributed by atoms with Crippen LogP contribution in [0.2, 0.25) is 0 Å². The third kappa shape index (κ3) is 3.76. The van der Waals surface area contributed by atoms with Crippen LogP contribution in [0.4, 0.5) is 4.39 Å². The largest absolute Gasteiger partial charge is 0.497 e. The van der Waals surface area contributed by atoms with Crippen LogP contribution in [0.15, 0.2) is 58.5 Å². The van der Waals surface area contributed by atoms with Gasteiger partial charge in [-0.05, 0) is 35.9 Å². The lowest BCUT2D eigenvalue weighted by molar-refractivity contribution is 0.415. The van der Waals surface area contributed by atoms with Gasteiger partial charge in [-0.25, -0.2) is 9.37 Å². The minimum Gasteiger partial charge on any atom is -0.497 e. The maximum atomic E-state index is 13.7. The van der Waals surface area contributed by atoms with Crippen molar-refractivity contribution in [1.82, 2.24) is 9.97 Å². The molecule has 3 rings (SSSR count). The fraction of sp³-hybridized carbons (Fsp3) is 0.105. The molecule has 0 bridgehead atoms. The van der Waals surface area contributed by atoms with Gasteiger partial charge in [-0.3, -0.25) is 4.79 Å². The Kier molecular flexibility index (Phi) is 5.34. The molecular formula is C19H14FN3O2S. The van der Waals surface area contributed by atoms with Crippen LogP contribution >= 0.6 is 11.8 Å². The van der Waals surface area contributed by atoms with E-state index < -0.39 is 5.56 Å². The molecule has 0 radical (unpaired) electrons. The van der Waals surface area contributed by atoms with E-state index in [0.29, 0.717) is 27.8 Å². The summed E-state index contributed by atoms with van der Waals surface area (Å²) >= 11 is 1.20. The normalized spacial score (nSPS) is 10.3. The van der Waals surface area contributed by atoms with Gasteiger partial charge in [0.15, 0.2) is 5.16 Å². The Bertz CT molecular complexity index is 1030. The molecule has 0 saturated heterocycles. The number of methoxy groups -OCH3 is 1. The number of nitriles is 1. The van der Waals surface area contributed by atoms with Gasteiger partial charge in [0, 0.05) is 11.3 Å². The van der Waals surface area contributed by atoms with Crippen LogP contribution in [0.25, 0.3) is 11.3 Å². The predicted octanol–water partition coefficient (Wildman–Crippen LogP) is 3.75. The summed E-state index contributed by atoms with van der Waals surface area (Å²) in [5.41, 5.74) is 0.835. The molecule has 0 fully saturated rings. The first kappa shape index (κ1) is 17.7. The Morgan fingerprint density at radius 3 is 2.62 bits per heavy atom. The van der Waals surface area contributed by atoms with Crippen LogP contribution in [0, 0.1) is 17.1 Å². The molecule has 0 aliphatic carbocycles. The molecule has 0 atom stereocenters. The second kappa shape index (κ2) is 7.85. The Morgan fingerprint density at radius 1 is 1.23 bits per heavy atom. The van der Waals surface area contributed by atoms with Crippen molar-refractivity contribution in [3.05, 3.63) is 75.8 Å². The highest BCUT2D eigenvalue weighted by atomic mass is 32.2. The van der Waals surface area contributed by atoms with Crippen LogP contribution in [-0.4, -0.2) is 17.1 Å². The number of rotatable bonds is 5. The van der Waals surface area contributed by atoms with Crippen LogP contribution in [0.1, 0.15) is 11.1 Å². The number of thioether (sulfide) groups is 1. The van der Waals surface area contributed by atoms with Crippen molar-refractivity contribution in [2.75, 3.05) is 7.11 Å². The number of aromatic amines is 1. The van der Waals surface area contributed by atoms with E-state index in [1.54, 1.807) is 49.6 Å². The molecular weight excluding hydrogens is 353 g/mol. The van der Waals surface area contributed by atoms with E-state index in [-0.39, 0.29) is 17.1 Å². The number of aromatic nitrogens is 2. The fourth-order valence-corrected chi connectivity index (χ4v) is 3.19. The lowest BCUT2D eigenvalue weighted by Gasteiger charge is -2.08. The molecule has 5 nitrogen and oxygen atoms in total. The molecule has 0 unspecified atom stereocenters. The Balaban J connectivity index is 1.95. The van der Waals surface area contributed by atoms with Gasteiger partial charge in [0.1, 0.15) is 23.2 Å². The summed E-state index contributed by atoms with van der Waals surface area (Å²) < 4.78 is 18.9. The van der Waals surface area contributed by atoms with Gasteiger partial charge in [-0.15, -0.1) is 0 Å². The van der Waals surface area contributed by atoms with E-state index in [9.17, 15) is 14.4 Å². The number of H-pyrrole nitrogens is 1. The summed E-state index contributed by atoms with van der Waals surface area (Å²) in [4.78, 5) is 19.2. The van der Waals surface area contributed by atoms with Crippen LogP contribution < -0.4 is 10.3 Å². The molecule has 3 aromatic rings. The van der Waals surface area contributed by atoms with E-state index in [1.807, 2.05) is 6.07 Å². The smallest absolute Gasteiger partial charge is 0.270 e. The molecule has 26 heavy (non-hydrogen) atoms. The SMILES string of the molecule is COc1ccc(-c2nc(SCc3ccccc3F)[nH]c(=O)c2C#N)cc1. The summed E-state index contributed by atoms with van der Waals surface area (Å²) in [6.45, 7) is 0. The van der Waals surface area contributed by atoms with E-state index in [1.165, 1.54) is 17.8 Å². The second-order valence-electron chi connectivity index (χ2n) is 5.32. The van der Waals surface area contributed by atoms with Crippen molar-refractivity contribution >= 4 is 11.8 Å². The Morgan fingerprint density at radius 2 is 1.96 bits per heavy atom. The monoisotopic (exact) mass is 367 g/mol. The number of ether oxygens (including phenoxy) is 1. The molecule has 7 heteroatoms. The van der Waals surface area contributed by atoms with Crippen LogP contribution in [-0.2, 0) is 5.75 Å². The quantitative estimate of drug-likeness (QED) is 0.549. The van der Waals surface area contributed by atoms with Crippen molar-refractivity contribution < 1.29 is 9.13 Å². The van der Waals surface area contributed by atoms with Gasteiger partial charge in [0.05, 0.1) is 12.8 Å². The highest BCUT2D eigenvalue weighted by molar-refractivity contribution is 7.98. The van der Waals surface area contributed by atoms with Crippen LogP contribution in [0.5, 0.6) is 5.75 Å². The first-order valence-corrected chi connectivity index (χ1v) is 8.66. The zero-order valence-corrected chi connectivity index (χ0v) is 14.6. The predicted molar refractivity (Wildman–Crippen MR) is 97.5 cm³/mol. The first-order chi connectivity index (χ1) is 12.6. The fourth-order valence-electron chi connectivity index (χ4n) is 2.34. The van der Waals surface area contributed by atoms with E-state index in [4.69, 9.17) is 4.74 Å². The molecule has 130 valence electrons.